The number of amides is 1. The van der Waals surface area contributed by atoms with E-state index in [2.05, 4.69) is 57.2 Å². The molecule has 1 fully saturated rings. The summed E-state index contributed by atoms with van der Waals surface area (Å²) in [4.78, 5) is 24.1. The van der Waals surface area contributed by atoms with E-state index in [1.165, 1.54) is 22.2 Å². The number of aromatic nitrogens is 1. The van der Waals surface area contributed by atoms with Crippen molar-refractivity contribution in [3.05, 3.63) is 95.1 Å². The number of piperazine rings is 1. The van der Waals surface area contributed by atoms with Crippen LogP contribution in [0.1, 0.15) is 22.3 Å². The lowest BCUT2D eigenvalue weighted by Crippen LogP contribution is -2.54. The fourth-order valence-electron chi connectivity index (χ4n) is 5.60. The lowest BCUT2D eigenvalue weighted by molar-refractivity contribution is 0.0963. The van der Waals surface area contributed by atoms with Gasteiger partial charge in [-0.05, 0) is 66.9 Å². The highest BCUT2D eigenvalue weighted by Crippen LogP contribution is 2.33. The van der Waals surface area contributed by atoms with Crippen LogP contribution < -0.4 is 9.80 Å². The van der Waals surface area contributed by atoms with Crippen LogP contribution in [-0.2, 0) is 6.42 Å². The lowest BCUT2D eigenvalue weighted by atomic mass is 9.94. The number of para-hydroxylation sites is 1. The van der Waals surface area contributed by atoms with Crippen LogP contribution in [0.15, 0.2) is 79.0 Å². The van der Waals surface area contributed by atoms with Crippen molar-refractivity contribution >= 4 is 39.8 Å². The number of H-pyrrole nitrogens is 1. The zero-order chi connectivity index (χ0) is 23.8. The summed E-state index contributed by atoms with van der Waals surface area (Å²) in [6.45, 7) is 4.83. The first-order valence-electron chi connectivity index (χ1n) is 12.4. The van der Waals surface area contributed by atoms with Crippen LogP contribution in [0.4, 0.5) is 11.4 Å². The summed E-state index contributed by atoms with van der Waals surface area (Å²) >= 11 is 6.09. The van der Waals surface area contributed by atoms with E-state index in [1.807, 2.05) is 29.3 Å². The summed E-state index contributed by atoms with van der Waals surface area (Å²) in [5, 5.41) is 1.93. The average molecular weight is 485 g/mol. The second kappa shape index (κ2) is 9.40. The highest BCUT2D eigenvalue weighted by molar-refractivity contribution is 6.30. The third-order valence-electron chi connectivity index (χ3n) is 7.43. The molecule has 5 nitrogen and oxygen atoms in total. The quantitative estimate of drug-likeness (QED) is 0.409. The molecular weight excluding hydrogens is 456 g/mol. The molecule has 0 aliphatic carbocycles. The summed E-state index contributed by atoms with van der Waals surface area (Å²) in [6.07, 6.45) is 3.98. The Hall–Kier alpha value is -3.28. The Morgan fingerprint density at radius 2 is 1.66 bits per heavy atom. The van der Waals surface area contributed by atoms with E-state index in [4.69, 9.17) is 11.6 Å². The molecule has 4 aromatic rings. The van der Waals surface area contributed by atoms with Crippen molar-refractivity contribution in [1.29, 1.82) is 0 Å². The van der Waals surface area contributed by atoms with E-state index in [1.54, 1.807) is 12.1 Å². The van der Waals surface area contributed by atoms with Gasteiger partial charge in [-0.1, -0.05) is 35.9 Å². The summed E-state index contributed by atoms with van der Waals surface area (Å²) in [6, 6.07) is 24.4. The zero-order valence-corrected chi connectivity index (χ0v) is 20.4. The van der Waals surface area contributed by atoms with Crippen LogP contribution in [0, 0.1) is 0 Å². The Labute approximate surface area is 210 Å². The van der Waals surface area contributed by atoms with E-state index in [-0.39, 0.29) is 11.9 Å². The molecule has 0 saturated carbocycles. The summed E-state index contributed by atoms with van der Waals surface area (Å²) in [5.41, 5.74) is 5.45. The van der Waals surface area contributed by atoms with Gasteiger partial charge in [0.15, 0.2) is 0 Å². The molecule has 2 aliphatic heterocycles. The van der Waals surface area contributed by atoms with Crippen LogP contribution in [-0.4, -0.2) is 54.6 Å². The minimum absolute atomic E-state index is 0.0524. The van der Waals surface area contributed by atoms with Gasteiger partial charge >= 0.3 is 0 Å². The third-order valence-corrected chi connectivity index (χ3v) is 7.68. The Bertz CT molecular complexity index is 1340. The second-order valence-corrected chi connectivity index (χ2v) is 9.94. The minimum atomic E-state index is 0.0524. The summed E-state index contributed by atoms with van der Waals surface area (Å²) in [7, 11) is 0. The van der Waals surface area contributed by atoms with Crippen molar-refractivity contribution in [2.24, 2.45) is 0 Å². The molecule has 178 valence electrons. The molecule has 2 aliphatic rings. The molecule has 1 unspecified atom stereocenters. The van der Waals surface area contributed by atoms with Crippen molar-refractivity contribution < 1.29 is 4.79 Å². The second-order valence-electron chi connectivity index (χ2n) is 9.51. The molecule has 3 heterocycles. The number of hydrogen-bond donors (Lipinski definition) is 1. The fourth-order valence-corrected chi connectivity index (χ4v) is 5.72. The molecule has 3 aromatic carbocycles. The van der Waals surface area contributed by atoms with Gasteiger partial charge in [0, 0.05) is 71.8 Å². The first-order valence-corrected chi connectivity index (χ1v) is 12.8. The molecule has 1 aromatic heterocycles. The number of benzene rings is 3. The number of nitrogens with zero attached hydrogens (tertiary/aromatic N) is 3. The molecule has 1 N–H and O–H groups in total. The predicted molar refractivity (Wildman–Crippen MR) is 144 cm³/mol. The molecule has 6 rings (SSSR count). The average Bonchev–Trinajstić information content (AvgIpc) is 3.38. The Balaban J connectivity index is 1.20. The van der Waals surface area contributed by atoms with Gasteiger partial charge in [-0.3, -0.25) is 9.69 Å². The first kappa shape index (κ1) is 22.2. The maximum atomic E-state index is 13.7. The van der Waals surface area contributed by atoms with Gasteiger partial charge in [-0.25, -0.2) is 0 Å². The smallest absolute Gasteiger partial charge is 0.258 e. The van der Waals surface area contributed by atoms with Gasteiger partial charge in [-0.15, -0.1) is 0 Å². The number of rotatable bonds is 4. The van der Waals surface area contributed by atoms with E-state index in [9.17, 15) is 4.79 Å². The van der Waals surface area contributed by atoms with Crippen LogP contribution in [0.2, 0.25) is 5.02 Å². The maximum Gasteiger partial charge on any atom is 0.258 e. The third kappa shape index (κ3) is 4.30. The van der Waals surface area contributed by atoms with Gasteiger partial charge < -0.3 is 14.8 Å². The van der Waals surface area contributed by atoms with Crippen LogP contribution >= 0.6 is 11.6 Å². The molecule has 6 heteroatoms. The van der Waals surface area contributed by atoms with E-state index < -0.39 is 0 Å². The van der Waals surface area contributed by atoms with Crippen molar-refractivity contribution in [2.75, 3.05) is 42.5 Å². The minimum Gasteiger partial charge on any atom is -0.368 e. The predicted octanol–water partition coefficient (Wildman–Crippen LogP) is 5.61. The number of aromatic amines is 1. The number of nitrogens with one attached hydrogen (secondary N) is 1. The van der Waals surface area contributed by atoms with Crippen molar-refractivity contribution in [3.63, 3.8) is 0 Å². The number of aryl methyl sites for hydroxylation is 1. The number of hydrogen-bond acceptors (Lipinski definition) is 3. The largest absolute Gasteiger partial charge is 0.368 e. The number of anilines is 2. The van der Waals surface area contributed by atoms with Crippen LogP contribution in [0.5, 0.6) is 0 Å². The van der Waals surface area contributed by atoms with Crippen molar-refractivity contribution in [1.82, 2.24) is 9.88 Å². The first-order chi connectivity index (χ1) is 17.2. The SMILES string of the molecule is O=C(c1ccc(Cl)cc1)N1c2ccccc2CCC1CN1CCN(c2cccc3[nH]ccc23)CC1. The van der Waals surface area contributed by atoms with Crippen LogP contribution in [0.3, 0.4) is 0 Å². The number of carbonyl (C=O) groups is 1. The highest BCUT2D eigenvalue weighted by Gasteiger charge is 2.33. The monoisotopic (exact) mass is 484 g/mol. The normalized spacial score (nSPS) is 18.6. The topological polar surface area (TPSA) is 42.6 Å². The Kier molecular flexibility index (Phi) is 5.96. The van der Waals surface area contributed by atoms with E-state index >= 15 is 0 Å². The van der Waals surface area contributed by atoms with Crippen molar-refractivity contribution in [2.45, 2.75) is 18.9 Å². The van der Waals surface area contributed by atoms with Gasteiger partial charge in [0.2, 0.25) is 0 Å². The number of fused-ring (bicyclic) bond motifs is 2. The van der Waals surface area contributed by atoms with Gasteiger partial charge in [0.1, 0.15) is 0 Å². The van der Waals surface area contributed by atoms with Crippen molar-refractivity contribution in [3.8, 4) is 0 Å². The number of halogens is 1. The van der Waals surface area contributed by atoms with Crippen LogP contribution in [0.25, 0.3) is 10.9 Å². The fraction of sp³-hybridized carbons (Fsp3) is 0.276. The Morgan fingerprint density at radius 3 is 2.49 bits per heavy atom. The Morgan fingerprint density at radius 1 is 0.886 bits per heavy atom. The molecule has 1 amide bonds. The van der Waals surface area contributed by atoms with E-state index in [0.717, 1.165) is 51.3 Å². The number of carbonyl (C=O) groups excluding carboxylic acids is 1. The summed E-state index contributed by atoms with van der Waals surface area (Å²) < 4.78 is 0. The molecule has 35 heavy (non-hydrogen) atoms. The maximum absolute atomic E-state index is 13.7. The van der Waals surface area contributed by atoms with Gasteiger partial charge in [-0.2, -0.15) is 0 Å². The van der Waals surface area contributed by atoms with Gasteiger partial charge in [0.05, 0.1) is 6.04 Å². The molecule has 1 atom stereocenters. The molecule has 0 spiro atoms. The molecular formula is C29H29ClN4O. The van der Waals surface area contributed by atoms with Gasteiger partial charge in [0.25, 0.3) is 5.91 Å². The molecule has 0 radical (unpaired) electrons. The summed E-state index contributed by atoms with van der Waals surface area (Å²) in [5.74, 6) is 0.0524. The highest BCUT2D eigenvalue weighted by atomic mass is 35.5. The van der Waals surface area contributed by atoms with E-state index in [0.29, 0.717) is 10.6 Å². The molecule has 0 bridgehead atoms. The molecule has 1 saturated heterocycles. The zero-order valence-electron chi connectivity index (χ0n) is 19.7. The standard InChI is InChI=1S/C29H29ClN4O/c30-23-11-8-22(9-12-23)29(35)34-24(13-10-21-4-1-2-6-27(21)34)20-32-16-18-33(19-17-32)28-7-3-5-26-25(28)14-15-31-26/h1-9,11-12,14-15,24,31H,10,13,16-20H2. The lowest BCUT2D eigenvalue weighted by Gasteiger charge is -2.42.